The average Bonchev–Trinajstić information content (AvgIpc) is 2.48. The second kappa shape index (κ2) is 5.01. The van der Waals surface area contributed by atoms with Gasteiger partial charge in [-0.05, 0) is 19.8 Å². The van der Waals surface area contributed by atoms with E-state index in [2.05, 4.69) is 5.10 Å². The van der Waals surface area contributed by atoms with Crippen LogP contribution in [-0.4, -0.2) is 28.0 Å². The number of carboxylic acid groups (broad SMARTS) is 1. The number of aryl methyl sites for hydroxylation is 2. The number of rotatable bonds is 5. The van der Waals surface area contributed by atoms with Gasteiger partial charge in [-0.2, -0.15) is 5.10 Å². The summed E-state index contributed by atoms with van der Waals surface area (Å²) in [5.74, 6) is -0.389. The van der Waals surface area contributed by atoms with Crippen LogP contribution in [0.3, 0.4) is 0 Å². The Hall–Kier alpha value is -1.52. The summed E-state index contributed by atoms with van der Waals surface area (Å²) in [6.45, 7) is 3.61. The Bertz CT molecular complexity index is 385. The van der Waals surface area contributed by atoms with Gasteiger partial charge in [-0.3, -0.25) is 4.79 Å². The number of aliphatic carboxylic acids is 1. The van der Waals surface area contributed by atoms with Crippen LogP contribution in [0.4, 0.5) is 0 Å². The first kappa shape index (κ1) is 12.5. The predicted octanol–water partition coefficient (Wildman–Crippen LogP) is 1.39. The van der Waals surface area contributed by atoms with Gasteiger partial charge in [-0.15, -0.1) is 0 Å². The van der Waals surface area contributed by atoms with Gasteiger partial charge >= 0.3 is 5.97 Å². The average molecular weight is 226 g/mol. The summed E-state index contributed by atoms with van der Waals surface area (Å²) >= 11 is 0. The van der Waals surface area contributed by atoms with Gasteiger partial charge < -0.3 is 9.84 Å². The maximum absolute atomic E-state index is 10.7. The normalized spacial score (nSPS) is 12.5. The molecule has 5 nitrogen and oxygen atoms in total. The number of hydrogen-bond donors (Lipinski definition) is 1. The molecule has 0 amide bonds. The van der Waals surface area contributed by atoms with Gasteiger partial charge in [0.1, 0.15) is 0 Å². The molecule has 5 heteroatoms. The van der Waals surface area contributed by atoms with Crippen LogP contribution in [0.5, 0.6) is 5.88 Å². The first-order valence-electron chi connectivity index (χ1n) is 5.26. The Morgan fingerprint density at radius 3 is 2.75 bits per heavy atom. The molecule has 1 rings (SSSR count). The zero-order valence-electron chi connectivity index (χ0n) is 10.1. The molecule has 1 aromatic heterocycles. The molecular formula is C11H18N2O3. The summed E-state index contributed by atoms with van der Waals surface area (Å²) in [7, 11) is 3.41. The molecular weight excluding hydrogens is 208 g/mol. The second-order valence-corrected chi connectivity index (χ2v) is 3.97. The number of hydrogen-bond acceptors (Lipinski definition) is 3. The van der Waals surface area contributed by atoms with Gasteiger partial charge in [-0.25, -0.2) is 4.68 Å². The maximum Gasteiger partial charge on any atom is 0.306 e. The lowest BCUT2D eigenvalue weighted by Gasteiger charge is -2.07. The number of methoxy groups -OCH3 is 1. The van der Waals surface area contributed by atoms with Crippen molar-refractivity contribution in [1.29, 1.82) is 0 Å². The van der Waals surface area contributed by atoms with E-state index < -0.39 is 5.97 Å². The van der Waals surface area contributed by atoms with Crippen LogP contribution >= 0.6 is 0 Å². The number of carboxylic acids is 1. The Kier molecular flexibility index (Phi) is 3.93. The molecule has 1 atom stereocenters. The van der Waals surface area contributed by atoms with Crippen molar-refractivity contribution in [1.82, 2.24) is 9.78 Å². The van der Waals surface area contributed by atoms with E-state index in [1.54, 1.807) is 18.7 Å². The van der Waals surface area contributed by atoms with Crippen molar-refractivity contribution >= 4 is 5.97 Å². The molecule has 0 aromatic carbocycles. The standard InChI is InChI=1S/C11H18N2O3/c1-7(11(14)15)5-6-9-8(2)12-13(3)10(9)16-4/h7H,5-6H2,1-4H3,(H,14,15). The molecule has 0 aliphatic carbocycles. The number of nitrogens with zero attached hydrogens (tertiary/aromatic N) is 2. The lowest BCUT2D eigenvalue weighted by Crippen LogP contribution is -2.10. The first-order valence-corrected chi connectivity index (χ1v) is 5.26. The van der Waals surface area contributed by atoms with E-state index in [0.717, 1.165) is 17.1 Å². The Morgan fingerprint density at radius 2 is 2.25 bits per heavy atom. The van der Waals surface area contributed by atoms with E-state index in [9.17, 15) is 4.79 Å². The zero-order chi connectivity index (χ0) is 12.3. The number of carbonyl (C=O) groups is 1. The van der Waals surface area contributed by atoms with E-state index in [0.29, 0.717) is 12.8 Å². The fourth-order valence-electron chi connectivity index (χ4n) is 1.71. The van der Waals surface area contributed by atoms with Gasteiger partial charge in [0.2, 0.25) is 5.88 Å². The fourth-order valence-corrected chi connectivity index (χ4v) is 1.71. The smallest absolute Gasteiger partial charge is 0.306 e. The van der Waals surface area contributed by atoms with Crippen molar-refractivity contribution in [2.45, 2.75) is 26.7 Å². The summed E-state index contributed by atoms with van der Waals surface area (Å²) in [5.41, 5.74) is 1.90. The van der Waals surface area contributed by atoms with Crippen molar-refractivity contribution in [3.8, 4) is 5.88 Å². The van der Waals surface area contributed by atoms with Crippen molar-refractivity contribution in [2.75, 3.05) is 7.11 Å². The third-order valence-corrected chi connectivity index (χ3v) is 2.73. The van der Waals surface area contributed by atoms with E-state index in [4.69, 9.17) is 9.84 Å². The van der Waals surface area contributed by atoms with Crippen molar-refractivity contribution in [3.63, 3.8) is 0 Å². The minimum atomic E-state index is -0.763. The van der Waals surface area contributed by atoms with E-state index in [-0.39, 0.29) is 5.92 Å². The van der Waals surface area contributed by atoms with Gasteiger partial charge in [0.15, 0.2) is 0 Å². The third-order valence-electron chi connectivity index (χ3n) is 2.73. The maximum atomic E-state index is 10.7. The summed E-state index contributed by atoms with van der Waals surface area (Å²) < 4.78 is 6.92. The third kappa shape index (κ3) is 2.53. The van der Waals surface area contributed by atoms with Crippen molar-refractivity contribution in [2.24, 2.45) is 13.0 Å². The van der Waals surface area contributed by atoms with Crippen LogP contribution in [0.15, 0.2) is 0 Å². The van der Waals surface area contributed by atoms with Crippen molar-refractivity contribution < 1.29 is 14.6 Å². The molecule has 0 fully saturated rings. The van der Waals surface area contributed by atoms with Crippen LogP contribution in [0.25, 0.3) is 0 Å². The molecule has 1 aromatic rings. The summed E-state index contributed by atoms with van der Waals surface area (Å²) in [4.78, 5) is 10.7. The molecule has 0 saturated carbocycles. The lowest BCUT2D eigenvalue weighted by molar-refractivity contribution is -0.141. The molecule has 0 radical (unpaired) electrons. The summed E-state index contributed by atoms with van der Waals surface area (Å²) in [6, 6.07) is 0. The minimum absolute atomic E-state index is 0.343. The topological polar surface area (TPSA) is 64.3 Å². The Labute approximate surface area is 95.0 Å². The quantitative estimate of drug-likeness (QED) is 0.824. The van der Waals surface area contributed by atoms with E-state index in [1.807, 2.05) is 14.0 Å². The first-order chi connectivity index (χ1) is 7.47. The fraction of sp³-hybridized carbons (Fsp3) is 0.636. The monoisotopic (exact) mass is 226 g/mol. The van der Waals surface area contributed by atoms with E-state index in [1.165, 1.54) is 0 Å². The van der Waals surface area contributed by atoms with Gasteiger partial charge in [-0.1, -0.05) is 6.92 Å². The predicted molar refractivity (Wildman–Crippen MR) is 59.6 cm³/mol. The van der Waals surface area contributed by atoms with Crippen LogP contribution in [0.2, 0.25) is 0 Å². The van der Waals surface area contributed by atoms with Gasteiger partial charge in [0.25, 0.3) is 0 Å². The van der Waals surface area contributed by atoms with Crippen molar-refractivity contribution in [3.05, 3.63) is 11.3 Å². The van der Waals surface area contributed by atoms with Crippen LogP contribution < -0.4 is 4.74 Å². The summed E-state index contributed by atoms with van der Waals surface area (Å²) in [5, 5.41) is 13.1. The number of ether oxygens (including phenoxy) is 1. The van der Waals surface area contributed by atoms with Gasteiger partial charge in [0, 0.05) is 12.6 Å². The van der Waals surface area contributed by atoms with Crippen LogP contribution in [0, 0.1) is 12.8 Å². The number of aromatic nitrogens is 2. The molecule has 0 aliphatic rings. The van der Waals surface area contributed by atoms with Crippen LogP contribution in [0.1, 0.15) is 24.6 Å². The van der Waals surface area contributed by atoms with E-state index >= 15 is 0 Å². The highest BCUT2D eigenvalue weighted by molar-refractivity contribution is 5.69. The highest BCUT2D eigenvalue weighted by Gasteiger charge is 2.17. The van der Waals surface area contributed by atoms with Gasteiger partial charge in [0.05, 0.1) is 18.7 Å². The molecule has 0 aliphatic heterocycles. The molecule has 16 heavy (non-hydrogen) atoms. The molecule has 90 valence electrons. The molecule has 0 saturated heterocycles. The lowest BCUT2D eigenvalue weighted by atomic mass is 10.0. The molecule has 1 N–H and O–H groups in total. The molecule has 1 unspecified atom stereocenters. The summed E-state index contributed by atoms with van der Waals surface area (Å²) in [6.07, 6.45) is 1.27. The highest BCUT2D eigenvalue weighted by Crippen LogP contribution is 2.23. The highest BCUT2D eigenvalue weighted by atomic mass is 16.5. The molecule has 0 bridgehead atoms. The Balaban J connectivity index is 2.77. The zero-order valence-corrected chi connectivity index (χ0v) is 10.1. The SMILES string of the molecule is COc1c(CCC(C)C(=O)O)c(C)nn1C. The van der Waals surface area contributed by atoms with Crippen LogP contribution in [-0.2, 0) is 18.3 Å². The molecule has 1 heterocycles. The Morgan fingerprint density at radius 1 is 1.62 bits per heavy atom. The minimum Gasteiger partial charge on any atom is -0.481 e. The largest absolute Gasteiger partial charge is 0.481 e. The molecule has 0 spiro atoms. The second-order valence-electron chi connectivity index (χ2n) is 3.97.